The fourth-order valence-electron chi connectivity index (χ4n) is 3.73. The molecule has 3 rings (SSSR count). The Morgan fingerprint density at radius 1 is 1.36 bits per heavy atom. The van der Waals surface area contributed by atoms with E-state index >= 15 is 0 Å². The molecule has 4 atom stereocenters. The van der Waals surface area contributed by atoms with Crippen LogP contribution in [0.2, 0.25) is 0 Å². The first kappa shape index (κ1) is 18.3. The lowest BCUT2D eigenvalue weighted by atomic mass is 9.86. The summed E-state index contributed by atoms with van der Waals surface area (Å²) in [5.41, 5.74) is 1.10. The molecule has 2 fully saturated rings. The molecule has 0 aliphatic carbocycles. The molecule has 1 aromatic carbocycles. The number of methoxy groups -OCH3 is 1. The molecule has 0 saturated carbocycles. The van der Waals surface area contributed by atoms with Gasteiger partial charge in [0.05, 0.1) is 25.9 Å². The smallest absolute Gasteiger partial charge is 0.313 e. The van der Waals surface area contributed by atoms with E-state index in [1.54, 1.807) is 0 Å². The summed E-state index contributed by atoms with van der Waals surface area (Å²) in [7, 11) is 1.39. The van der Waals surface area contributed by atoms with Crippen LogP contribution in [0.4, 0.5) is 0 Å². The highest BCUT2D eigenvalue weighted by Crippen LogP contribution is 2.36. The molecule has 25 heavy (non-hydrogen) atoms. The highest BCUT2D eigenvalue weighted by Gasteiger charge is 2.51. The molecule has 1 N–H and O–H groups in total. The number of benzene rings is 1. The second-order valence-electron chi connectivity index (χ2n) is 6.72. The van der Waals surface area contributed by atoms with Gasteiger partial charge in [0.25, 0.3) is 0 Å². The molecule has 2 heterocycles. The number of hydrogen-bond acceptors (Lipinski definition) is 6. The molecule has 138 valence electrons. The predicted octanol–water partition coefficient (Wildman–Crippen LogP) is 1.91. The third kappa shape index (κ3) is 4.39. The maximum atomic E-state index is 12.2. The Labute approximate surface area is 148 Å². The summed E-state index contributed by atoms with van der Waals surface area (Å²) in [5, 5.41) is 12.4. The third-order valence-electron chi connectivity index (χ3n) is 5.05. The van der Waals surface area contributed by atoms with Gasteiger partial charge in [0.15, 0.2) is 0 Å². The monoisotopic (exact) mass is 349 g/mol. The number of carbonyl (C=O) groups is 1. The minimum atomic E-state index is -0.759. The van der Waals surface area contributed by atoms with Gasteiger partial charge in [-0.1, -0.05) is 36.8 Å². The van der Waals surface area contributed by atoms with Gasteiger partial charge in [-0.3, -0.25) is 9.63 Å². The van der Waals surface area contributed by atoms with Crippen LogP contribution >= 0.6 is 0 Å². The maximum absolute atomic E-state index is 12.2. The van der Waals surface area contributed by atoms with Crippen LogP contribution in [0.15, 0.2) is 30.3 Å². The Kier molecular flexibility index (Phi) is 6.42. The van der Waals surface area contributed by atoms with E-state index in [9.17, 15) is 9.90 Å². The Balaban J connectivity index is 1.52. The van der Waals surface area contributed by atoms with E-state index < -0.39 is 18.1 Å². The maximum Gasteiger partial charge on any atom is 0.313 e. The first-order chi connectivity index (χ1) is 12.2. The number of carbonyl (C=O) groups excluding carboxylic acids is 1. The lowest BCUT2D eigenvalue weighted by Gasteiger charge is -2.28. The zero-order valence-electron chi connectivity index (χ0n) is 14.7. The van der Waals surface area contributed by atoms with Crippen LogP contribution in [0.1, 0.15) is 31.2 Å². The average Bonchev–Trinajstić information content (AvgIpc) is 3.05. The molecule has 0 aromatic heterocycles. The second kappa shape index (κ2) is 8.76. The molecule has 0 spiro atoms. The third-order valence-corrected chi connectivity index (χ3v) is 5.05. The zero-order chi connectivity index (χ0) is 17.6. The number of hydroxylamine groups is 2. The summed E-state index contributed by atoms with van der Waals surface area (Å²) < 4.78 is 10.6. The van der Waals surface area contributed by atoms with Gasteiger partial charge >= 0.3 is 5.97 Å². The standard InChI is InChI=1S/C19H27NO5/c1-23-19(22)17-15-9-5-6-11-20(15)25-18(17)16(21)10-12-24-13-14-7-3-2-4-8-14/h2-4,7-8,15-18,21H,5-6,9-13H2,1H3/t15-,16-,17+,18-/m1/s1. The molecule has 6 nitrogen and oxygen atoms in total. The molecule has 0 amide bonds. The van der Waals surface area contributed by atoms with Crippen LogP contribution in [0.3, 0.4) is 0 Å². The summed E-state index contributed by atoms with van der Waals surface area (Å²) >= 11 is 0. The number of piperidine rings is 1. The Bertz CT molecular complexity index is 552. The molecule has 0 radical (unpaired) electrons. The van der Waals surface area contributed by atoms with E-state index in [4.69, 9.17) is 14.3 Å². The first-order valence-corrected chi connectivity index (χ1v) is 9.01. The number of aliphatic hydroxyl groups is 1. The van der Waals surface area contributed by atoms with Crippen molar-refractivity contribution < 1.29 is 24.2 Å². The topological polar surface area (TPSA) is 68.2 Å². The summed E-state index contributed by atoms with van der Waals surface area (Å²) in [6, 6.07) is 9.91. The highest BCUT2D eigenvalue weighted by molar-refractivity contribution is 5.74. The lowest BCUT2D eigenvalue weighted by molar-refractivity contribution is -0.195. The van der Waals surface area contributed by atoms with Gasteiger partial charge in [-0.25, -0.2) is 0 Å². The number of rotatable bonds is 7. The molecule has 1 aromatic rings. The Morgan fingerprint density at radius 3 is 2.92 bits per heavy atom. The van der Waals surface area contributed by atoms with Crippen LogP contribution in [-0.2, 0) is 25.7 Å². The number of fused-ring (bicyclic) bond motifs is 1. The van der Waals surface area contributed by atoms with Gasteiger partial charge in [-0.2, -0.15) is 5.06 Å². The molecule has 0 bridgehead atoms. The average molecular weight is 349 g/mol. The number of hydrogen-bond donors (Lipinski definition) is 1. The number of esters is 1. The van der Waals surface area contributed by atoms with Gasteiger partial charge in [-0.15, -0.1) is 0 Å². The molecule has 0 unspecified atom stereocenters. The summed E-state index contributed by atoms with van der Waals surface area (Å²) in [5.74, 6) is -0.738. The minimum absolute atomic E-state index is 0.00564. The highest BCUT2D eigenvalue weighted by atomic mass is 16.7. The molecule has 2 aliphatic rings. The number of ether oxygens (including phenoxy) is 2. The summed E-state index contributed by atoms with van der Waals surface area (Å²) in [6.07, 6.45) is 2.12. The van der Waals surface area contributed by atoms with Crippen molar-refractivity contribution in [3.63, 3.8) is 0 Å². The fourth-order valence-corrected chi connectivity index (χ4v) is 3.73. The minimum Gasteiger partial charge on any atom is -0.469 e. The van der Waals surface area contributed by atoms with Crippen molar-refractivity contribution in [3.8, 4) is 0 Å². The van der Waals surface area contributed by atoms with Crippen molar-refractivity contribution in [1.29, 1.82) is 0 Å². The summed E-state index contributed by atoms with van der Waals surface area (Å²) in [6.45, 7) is 1.72. The van der Waals surface area contributed by atoms with Gasteiger partial charge in [0, 0.05) is 13.2 Å². The molecule has 2 aliphatic heterocycles. The van der Waals surface area contributed by atoms with E-state index in [1.807, 2.05) is 35.4 Å². The molecule has 6 heteroatoms. The fraction of sp³-hybridized carbons (Fsp3) is 0.632. The van der Waals surface area contributed by atoms with Crippen LogP contribution in [-0.4, -0.2) is 54.7 Å². The van der Waals surface area contributed by atoms with Crippen LogP contribution in [0.5, 0.6) is 0 Å². The number of aliphatic hydroxyl groups excluding tert-OH is 1. The lowest BCUT2D eigenvalue weighted by Crippen LogP contribution is -2.42. The van der Waals surface area contributed by atoms with E-state index in [-0.39, 0.29) is 12.0 Å². The van der Waals surface area contributed by atoms with Gasteiger partial charge in [0.2, 0.25) is 0 Å². The Morgan fingerprint density at radius 2 is 2.16 bits per heavy atom. The zero-order valence-corrected chi connectivity index (χ0v) is 14.7. The van der Waals surface area contributed by atoms with Crippen LogP contribution in [0, 0.1) is 5.92 Å². The Hall–Kier alpha value is -1.47. The van der Waals surface area contributed by atoms with Crippen LogP contribution in [0.25, 0.3) is 0 Å². The number of nitrogens with zero attached hydrogens (tertiary/aromatic N) is 1. The van der Waals surface area contributed by atoms with Gasteiger partial charge in [0.1, 0.15) is 12.0 Å². The van der Waals surface area contributed by atoms with E-state index in [0.717, 1.165) is 31.4 Å². The van der Waals surface area contributed by atoms with Crippen molar-refractivity contribution >= 4 is 5.97 Å². The SMILES string of the molecule is COC(=O)[C@@H]1[C@@H]([C@H](O)CCOCc2ccccc2)ON2CCCC[C@H]12. The predicted molar refractivity (Wildman–Crippen MR) is 91.4 cm³/mol. The van der Waals surface area contributed by atoms with Gasteiger partial charge < -0.3 is 14.6 Å². The van der Waals surface area contributed by atoms with Crippen molar-refractivity contribution in [2.45, 2.75) is 50.5 Å². The summed E-state index contributed by atoms with van der Waals surface area (Å²) in [4.78, 5) is 18.1. The van der Waals surface area contributed by atoms with E-state index in [1.165, 1.54) is 7.11 Å². The van der Waals surface area contributed by atoms with Crippen molar-refractivity contribution in [1.82, 2.24) is 5.06 Å². The van der Waals surface area contributed by atoms with E-state index in [2.05, 4.69) is 0 Å². The second-order valence-corrected chi connectivity index (χ2v) is 6.72. The van der Waals surface area contributed by atoms with Crippen molar-refractivity contribution in [2.75, 3.05) is 20.3 Å². The van der Waals surface area contributed by atoms with Crippen molar-refractivity contribution in [3.05, 3.63) is 35.9 Å². The van der Waals surface area contributed by atoms with E-state index in [0.29, 0.717) is 19.6 Å². The van der Waals surface area contributed by atoms with Gasteiger partial charge in [-0.05, 0) is 24.8 Å². The normalized spacial score (nSPS) is 27.7. The van der Waals surface area contributed by atoms with Crippen molar-refractivity contribution in [2.24, 2.45) is 5.92 Å². The molecule has 2 saturated heterocycles. The molecular formula is C19H27NO5. The largest absolute Gasteiger partial charge is 0.469 e. The quantitative estimate of drug-likeness (QED) is 0.599. The first-order valence-electron chi connectivity index (χ1n) is 9.01. The molecular weight excluding hydrogens is 322 g/mol. The van der Waals surface area contributed by atoms with Crippen LogP contribution < -0.4 is 0 Å².